The number of esters is 1. The zero-order valence-electron chi connectivity index (χ0n) is 19.5. The maximum absolute atomic E-state index is 13.4. The molecule has 2 saturated carbocycles. The van der Waals surface area contributed by atoms with E-state index in [1.165, 1.54) is 0 Å². The van der Waals surface area contributed by atoms with Crippen LogP contribution in [0, 0.1) is 23.7 Å². The van der Waals surface area contributed by atoms with Crippen molar-refractivity contribution in [3.63, 3.8) is 0 Å². The van der Waals surface area contributed by atoms with E-state index in [9.17, 15) is 19.2 Å². The molecular weight excluding hydrogens is 448 g/mol. The molecule has 3 amide bonds. The van der Waals surface area contributed by atoms with Crippen LogP contribution >= 0.6 is 0 Å². The molecule has 1 N–H and O–H groups in total. The normalized spacial score (nSPS) is 25.3. The van der Waals surface area contributed by atoms with E-state index < -0.39 is 24.5 Å². The Labute approximate surface area is 203 Å². The summed E-state index contributed by atoms with van der Waals surface area (Å²) in [6, 6.07) is 14.9. The van der Waals surface area contributed by atoms with Gasteiger partial charge in [0, 0.05) is 12.1 Å². The highest BCUT2D eigenvalue weighted by atomic mass is 16.5. The summed E-state index contributed by atoms with van der Waals surface area (Å²) in [4.78, 5) is 53.4. The van der Waals surface area contributed by atoms with Gasteiger partial charge in [0.2, 0.25) is 11.8 Å². The molecule has 2 aromatic rings. The molecule has 2 bridgehead atoms. The van der Waals surface area contributed by atoms with Crippen LogP contribution < -0.4 is 10.1 Å². The minimum Gasteiger partial charge on any atom is -0.497 e. The van der Waals surface area contributed by atoms with Crippen LogP contribution in [0.1, 0.15) is 24.8 Å². The second-order valence-corrected chi connectivity index (χ2v) is 9.52. The van der Waals surface area contributed by atoms with Crippen LogP contribution in [0.25, 0.3) is 0 Å². The maximum Gasteiger partial charge on any atom is 0.330 e. The Hall–Kier alpha value is -3.68. The molecular formula is C27H28N2O6. The molecule has 5 atom stereocenters. The highest BCUT2D eigenvalue weighted by Gasteiger charge is 2.62. The predicted molar refractivity (Wildman–Crippen MR) is 126 cm³/mol. The van der Waals surface area contributed by atoms with Crippen molar-refractivity contribution in [2.45, 2.75) is 31.7 Å². The monoisotopic (exact) mass is 476 g/mol. The molecule has 182 valence electrons. The Morgan fingerprint density at radius 3 is 2.20 bits per heavy atom. The lowest BCUT2D eigenvalue weighted by Crippen LogP contribution is -2.48. The number of anilines is 1. The van der Waals surface area contributed by atoms with Gasteiger partial charge in [-0.3, -0.25) is 19.3 Å². The number of ether oxygens (including phenoxy) is 2. The molecule has 3 aliphatic rings. The van der Waals surface area contributed by atoms with Crippen LogP contribution in [0.3, 0.4) is 0 Å². The fourth-order valence-electron chi connectivity index (χ4n) is 5.96. The topological polar surface area (TPSA) is 102 Å². The summed E-state index contributed by atoms with van der Waals surface area (Å²) in [7, 11) is 1.55. The molecule has 0 aromatic heterocycles. The van der Waals surface area contributed by atoms with Gasteiger partial charge < -0.3 is 14.8 Å². The molecule has 0 unspecified atom stereocenters. The number of benzene rings is 2. The van der Waals surface area contributed by atoms with Gasteiger partial charge in [-0.2, -0.15) is 0 Å². The molecule has 0 spiro atoms. The Balaban J connectivity index is 1.29. The molecule has 2 aliphatic carbocycles. The Morgan fingerprint density at radius 2 is 1.60 bits per heavy atom. The third-order valence-corrected chi connectivity index (χ3v) is 7.54. The smallest absolute Gasteiger partial charge is 0.330 e. The number of carbonyl (C=O) groups excluding carboxylic acids is 4. The molecule has 3 fully saturated rings. The van der Waals surface area contributed by atoms with Crippen molar-refractivity contribution in [1.29, 1.82) is 0 Å². The molecule has 2 aromatic carbocycles. The van der Waals surface area contributed by atoms with Gasteiger partial charge in [0.15, 0.2) is 6.61 Å². The number of fused-ring (bicyclic) bond motifs is 5. The summed E-state index contributed by atoms with van der Waals surface area (Å²) in [5, 5.41) is 2.66. The van der Waals surface area contributed by atoms with Crippen LogP contribution in [-0.4, -0.2) is 48.3 Å². The van der Waals surface area contributed by atoms with Crippen molar-refractivity contribution < 1.29 is 28.7 Å². The van der Waals surface area contributed by atoms with Crippen molar-refractivity contribution in [2.24, 2.45) is 23.7 Å². The number of hydrogen-bond donors (Lipinski definition) is 1. The quantitative estimate of drug-likeness (QED) is 0.464. The van der Waals surface area contributed by atoms with E-state index in [1.54, 1.807) is 31.4 Å². The van der Waals surface area contributed by atoms with Crippen molar-refractivity contribution in [3.8, 4) is 5.75 Å². The summed E-state index contributed by atoms with van der Waals surface area (Å²) in [5.41, 5.74) is 1.33. The predicted octanol–water partition coefficient (Wildman–Crippen LogP) is 2.82. The molecule has 1 aliphatic heterocycles. The van der Waals surface area contributed by atoms with Gasteiger partial charge in [0.1, 0.15) is 11.8 Å². The zero-order valence-corrected chi connectivity index (χ0v) is 19.5. The largest absolute Gasteiger partial charge is 0.497 e. The Bertz CT molecular complexity index is 1100. The van der Waals surface area contributed by atoms with Gasteiger partial charge in [0.05, 0.1) is 18.9 Å². The van der Waals surface area contributed by atoms with Crippen LogP contribution in [0.4, 0.5) is 5.69 Å². The van der Waals surface area contributed by atoms with Gasteiger partial charge in [-0.25, -0.2) is 4.79 Å². The molecule has 0 radical (unpaired) electrons. The van der Waals surface area contributed by atoms with Gasteiger partial charge in [0.25, 0.3) is 5.91 Å². The summed E-state index contributed by atoms with van der Waals surface area (Å²) < 4.78 is 10.4. The van der Waals surface area contributed by atoms with Crippen LogP contribution in [0.2, 0.25) is 0 Å². The average molecular weight is 477 g/mol. The standard InChI is InChI=1S/C27H28N2O6/c1-34-20-11-9-19(10-12-20)28-22(30)15-35-27(33)21(13-16-5-3-2-4-6-16)29-25(31)23-17-7-8-18(14-17)24(23)26(29)32/h2-6,9-12,17-18,21,23-24H,7-8,13-15H2,1H3,(H,28,30)/t17-,18-,21-,23-,24+/m0/s1. The van der Waals surface area contributed by atoms with Crippen LogP contribution in [-0.2, 0) is 30.3 Å². The molecule has 8 nitrogen and oxygen atoms in total. The molecule has 8 heteroatoms. The van der Waals surface area contributed by atoms with Gasteiger partial charge in [-0.05, 0) is 60.9 Å². The number of nitrogens with one attached hydrogen (secondary N) is 1. The first-order valence-corrected chi connectivity index (χ1v) is 12.0. The summed E-state index contributed by atoms with van der Waals surface area (Å²) in [6.45, 7) is -0.523. The first-order valence-electron chi connectivity index (χ1n) is 12.0. The van der Waals surface area contributed by atoms with Crippen LogP contribution in [0.5, 0.6) is 5.75 Å². The number of likely N-dealkylation sites (tertiary alicyclic amines) is 1. The van der Waals surface area contributed by atoms with E-state index >= 15 is 0 Å². The van der Waals surface area contributed by atoms with E-state index in [0.717, 1.165) is 29.7 Å². The van der Waals surface area contributed by atoms with Crippen molar-refractivity contribution in [1.82, 2.24) is 4.90 Å². The number of nitrogens with zero attached hydrogens (tertiary/aromatic N) is 1. The average Bonchev–Trinajstić information content (AvgIpc) is 3.56. The number of amides is 3. The van der Waals surface area contributed by atoms with E-state index in [4.69, 9.17) is 9.47 Å². The fourth-order valence-corrected chi connectivity index (χ4v) is 5.96. The van der Waals surface area contributed by atoms with Crippen LogP contribution in [0.15, 0.2) is 54.6 Å². The lowest BCUT2D eigenvalue weighted by Gasteiger charge is -2.26. The molecule has 35 heavy (non-hydrogen) atoms. The number of methoxy groups -OCH3 is 1. The molecule has 5 rings (SSSR count). The second kappa shape index (κ2) is 9.52. The number of imide groups is 1. The zero-order chi connectivity index (χ0) is 24.5. The summed E-state index contributed by atoms with van der Waals surface area (Å²) in [6.07, 6.45) is 2.97. The number of rotatable bonds is 8. The maximum atomic E-state index is 13.4. The third kappa shape index (κ3) is 4.40. The number of hydrogen-bond acceptors (Lipinski definition) is 6. The molecule has 1 saturated heterocycles. The van der Waals surface area contributed by atoms with E-state index in [-0.39, 0.29) is 41.9 Å². The van der Waals surface area contributed by atoms with Crippen molar-refractivity contribution in [2.75, 3.05) is 19.0 Å². The first-order chi connectivity index (χ1) is 17.0. The summed E-state index contributed by atoms with van der Waals surface area (Å²) >= 11 is 0. The fraction of sp³-hybridized carbons (Fsp3) is 0.407. The SMILES string of the molecule is COc1ccc(NC(=O)COC(=O)[C@H](Cc2ccccc2)N2C(=O)[C@@H]3[C@H]4CC[C@@H](C4)[C@@H]3C2=O)cc1. The Morgan fingerprint density at radius 1 is 0.971 bits per heavy atom. The minimum absolute atomic E-state index is 0.145. The van der Waals surface area contributed by atoms with E-state index in [0.29, 0.717) is 11.4 Å². The number of carbonyl (C=O) groups is 4. The third-order valence-electron chi connectivity index (χ3n) is 7.54. The van der Waals surface area contributed by atoms with E-state index in [2.05, 4.69) is 5.32 Å². The van der Waals surface area contributed by atoms with Gasteiger partial charge in [-0.15, -0.1) is 0 Å². The summed E-state index contributed by atoms with van der Waals surface area (Å²) in [5.74, 6) is -1.39. The highest BCUT2D eigenvalue weighted by Crippen LogP contribution is 2.56. The minimum atomic E-state index is -1.10. The van der Waals surface area contributed by atoms with Gasteiger partial charge >= 0.3 is 5.97 Å². The lowest BCUT2D eigenvalue weighted by atomic mass is 9.81. The van der Waals surface area contributed by atoms with Crippen molar-refractivity contribution in [3.05, 3.63) is 60.2 Å². The second-order valence-electron chi connectivity index (χ2n) is 9.52. The van der Waals surface area contributed by atoms with Crippen molar-refractivity contribution >= 4 is 29.4 Å². The highest BCUT2D eigenvalue weighted by molar-refractivity contribution is 6.08. The molecule has 1 heterocycles. The lowest BCUT2D eigenvalue weighted by molar-refractivity contribution is -0.160. The Kier molecular flexibility index (Phi) is 6.28. The van der Waals surface area contributed by atoms with Gasteiger partial charge in [-0.1, -0.05) is 30.3 Å². The first kappa shape index (κ1) is 23.1. The van der Waals surface area contributed by atoms with E-state index in [1.807, 2.05) is 30.3 Å².